The molecule has 0 saturated heterocycles. The molecule has 0 spiro atoms. The molecular weight excluding hydrogens is 268 g/mol. The number of hydrogen-bond acceptors (Lipinski definition) is 4. The molecule has 16 heavy (non-hydrogen) atoms. The van der Waals surface area contributed by atoms with E-state index in [-0.39, 0.29) is 0 Å². The summed E-state index contributed by atoms with van der Waals surface area (Å²) < 4.78 is 0.872. The molecule has 2 aromatic rings. The third-order valence-corrected chi connectivity index (χ3v) is 2.50. The number of nitrogens with one attached hydrogen (secondary N) is 1. The molecule has 0 saturated carbocycles. The maximum atomic E-state index is 5.81. The fourth-order valence-corrected chi connectivity index (χ4v) is 1.64. The minimum Gasteiger partial charge on any atom is -0.396 e. The Morgan fingerprint density at radius 2 is 2.25 bits per heavy atom. The van der Waals surface area contributed by atoms with Gasteiger partial charge in [-0.3, -0.25) is 4.98 Å². The van der Waals surface area contributed by atoms with Crippen molar-refractivity contribution in [2.75, 3.05) is 11.1 Å². The average Bonchev–Trinajstić information content (AvgIpc) is 2.29. The molecule has 0 aromatic carbocycles. The van der Waals surface area contributed by atoms with Crippen molar-refractivity contribution in [3.05, 3.63) is 46.8 Å². The predicted molar refractivity (Wildman–Crippen MR) is 67.9 cm³/mol. The molecule has 2 aromatic heterocycles. The van der Waals surface area contributed by atoms with Gasteiger partial charge in [0.2, 0.25) is 0 Å². The van der Waals surface area contributed by atoms with E-state index in [1.165, 1.54) is 0 Å². The van der Waals surface area contributed by atoms with E-state index < -0.39 is 0 Å². The van der Waals surface area contributed by atoms with Crippen LogP contribution in [0.1, 0.15) is 5.56 Å². The standard InChI is InChI=1S/C11H11BrN4/c12-9-4-10(13)11(16-7-9)15-6-8-2-1-3-14-5-8/h1-5,7H,6,13H2,(H,15,16). The lowest BCUT2D eigenvalue weighted by molar-refractivity contribution is 1.09. The van der Waals surface area contributed by atoms with Crippen LogP contribution in [-0.4, -0.2) is 9.97 Å². The summed E-state index contributed by atoms with van der Waals surface area (Å²) in [6, 6.07) is 5.71. The van der Waals surface area contributed by atoms with Crippen molar-refractivity contribution in [2.45, 2.75) is 6.54 Å². The van der Waals surface area contributed by atoms with Gasteiger partial charge in [-0.2, -0.15) is 0 Å². The molecule has 0 aliphatic heterocycles. The number of rotatable bonds is 3. The highest BCUT2D eigenvalue weighted by Gasteiger charge is 2.00. The molecule has 0 unspecified atom stereocenters. The fourth-order valence-electron chi connectivity index (χ4n) is 1.29. The van der Waals surface area contributed by atoms with Gasteiger partial charge in [0.1, 0.15) is 5.82 Å². The largest absolute Gasteiger partial charge is 0.396 e. The highest BCUT2D eigenvalue weighted by atomic mass is 79.9. The molecule has 2 rings (SSSR count). The summed E-state index contributed by atoms with van der Waals surface area (Å²) in [5.74, 6) is 0.687. The van der Waals surface area contributed by atoms with Gasteiger partial charge < -0.3 is 11.1 Å². The first-order valence-corrected chi connectivity index (χ1v) is 5.59. The van der Waals surface area contributed by atoms with Gasteiger partial charge in [0.25, 0.3) is 0 Å². The number of hydrogen-bond donors (Lipinski definition) is 2. The summed E-state index contributed by atoms with van der Waals surface area (Å²) in [6.07, 6.45) is 5.26. The van der Waals surface area contributed by atoms with E-state index in [2.05, 4.69) is 31.2 Å². The molecule has 0 bridgehead atoms. The molecule has 5 heteroatoms. The molecule has 82 valence electrons. The number of pyridine rings is 2. The Hall–Kier alpha value is -1.62. The second-order valence-corrected chi connectivity index (χ2v) is 4.22. The van der Waals surface area contributed by atoms with Crippen molar-refractivity contribution < 1.29 is 0 Å². The zero-order valence-corrected chi connectivity index (χ0v) is 10.1. The van der Waals surface area contributed by atoms with Crippen molar-refractivity contribution in [3.63, 3.8) is 0 Å². The third kappa shape index (κ3) is 2.70. The van der Waals surface area contributed by atoms with Crippen LogP contribution in [-0.2, 0) is 6.54 Å². The van der Waals surface area contributed by atoms with Crippen LogP contribution in [0.5, 0.6) is 0 Å². The van der Waals surface area contributed by atoms with Crippen LogP contribution in [0, 0.1) is 0 Å². The summed E-state index contributed by atoms with van der Waals surface area (Å²) in [7, 11) is 0. The van der Waals surface area contributed by atoms with Crippen molar-refractivity contribution in [3.8, 4) is 0 Å². The average molecular weight is 279 g/mol. The van der Waals surface area contributed by atoms with Gasteiger partial charge in [0, 0.05) is 29.6 Å². The van der Waals surface area contributed by atoms with Gasteiger partial charge in [-0.1, -0.05) is 6.07 Å². The summed E-state index contributed by atoms with van der Waals surface area (Å²) >= 11 is 3.31. The van der Waals surface area contributed by atoms with Crippen molar-refractivity contribution in [1.29, 1.82) is 0 Å². The molecule has 0 amide bonds. The van der Waals surface area contributed by atoms with Crippen molar-refractivity contribution >= 4 is 27.4 Å². The van der Waals surface area contributed by atoms with E-state index in [1.54, 1.807) is 12.4 Å². The predicted octanol–water partition coefficient (Wildman–Crippen LogP) is 2.43. The van der Waals surface area contributed by atoms with E-state index in [4.69, 9.17) is 5.73 Å². The lowest BCUT2D eigenvalue weighted by Gasteiger charge is -2.07. The van der Waals surface area contributed by atoms with Gasteiger partial charge in [-0.15, -0.1) is 0 Å². The Labute approximate surface area is 102 Å². The van der Waals surface area contributed by atoms with Gasteiger partial charge in [-0.05, 0) is 33.6 Å². The van der Waals surface area contributed by atoms with Crippen LogP contribution in [0.2, 0.25) is 0 Å². The molecular formula is C11H11BrN4. The third-order valence-electron chi connectivity index (χ3n) is 2.07. The number of nitrogens with zero attached hydrogens (tertiary/aromatic N) is 2. The van der Waals surface area contributed by atoms with Crippen LogP contribution < -0.4 is 11.1 Å². The van der Waals surface area contributed by atoms with Gasteiger partial charge in [0.15, 0.2) is 0 Å². The van der Waals surface area contributed by atoms with Gasteiger partial charge in [-0.25, -0.2) is 4.98 Å². The lowest BCUT2D eigenvalue weighted by Crippen LogP contribution is -2.04. The molecule has 4 nitrogen and oxygen atoms in total. The van der Waals surface area contributed by atoms with Gasteiger partial charge in [0.05, 0.1) is 5.69 Å². The van der Waals surface area contributed by atoms with E-state index in [0.29, 0.717) is 18.1 Å². The Kier molecular flexibility index (Phi) is 3.36. The molecule has 0 aliphatic carbocycles. The Morgan fingerprint density at radius 1 is 1.38 bits per heavy atom. The Balaban J connectivity index is 2.05. The van der Waals surface area contributed by atoms with E-state index in [9.17, 15) is 0 Å². The fraction of sp³-hybridized carbons (Fsp3) is 0.0909. The van der Waals surface area contributed by atoms with Crippen molar-refractivity contribution in [1.82, 2.24) is 9.97 Å². The Morgan fingerprint density at radius 3 is 2.94 bits per heavy atom. The zero-order chi connectivity index (χ0) is 11.4. The molecule has 0 aliphatic rings. The zero-order valence-electron chi connectivity index (χ0n) is 8.52. The number of halogens is 1. The second-order valence-electron chi connectivity index (χ2n) is 3.31. The van der Waals surface area contributed by atoms with Crippen LogP contribution >= 0.6 is 15.9 Å². The normalized spacial score (nSPS) is 10.1. The van der Waals surface area contributed by atoms with Crippen molar-refractivity contribution in [2.24, 2.45) is 0 Å². The number of nitrogens with two attached hydrogens (primary N) is 1. The minimum absolute atomic E-state index is 0.623. The number of nitrogen functional groups attached to an aromatic ring is 1. The molecule has 0 radical (unpaired) electrons. The van der Waals surface area contributed by atoms with E-state index >= 15 is 0 Å². The topological polar surface area (TPSA) is 63.8 Å². The highest BCUT2D eigenvalue weighted by Crippen LogP contribution is 2.20. The maximum Gasteiger partial charge on any atom is 0.149 e. The first-order valence-electron chi connectivity index (χ1n) is 4.79. The minimum atomic E-state index is 0.623. The van der Waals surface area contributed by atoms with Crippen LogP contribution in [0.25, 0.3) is 0 Å². The maximum absolute atomic E-state index is 5.81. The quantitative estimate of drug-likeness (QED) is 0.905. The SMILES string of the molecule is Nc1cc(Br)cnc1NCc1cccnc1. The summed E-state index contributed by atoms with van der Waals surface area (Å²) in [4.78, 5) is 8.22. The second kappa shape index (κ2) is 4.94. The number of anilines is 2. The summed E-state index contributed by atoms with van der Waals surface area (Å²) in [6.45, 7) is 0.659. The molecule has 0 atom stereocenters. The molecule has 2 heterocycles. The van der Waals surface area contributed by atoms with E-state index in [0.717, 1.165) is 10.0 Å². The first kappa shape index (κ1) is 10.9. The molecule has 0 fully saturated rings. The molecule has 3 N–H and O–H groups in total. The lowest BCUT2D eigenvalue weighted by atomic mass is 10.3. The summed E-state index contributed by atoms with van der Waals surface area (Å²) in [5.41, 5.74) is 7.53. The number of aromatic nitrogens is 2. The summed E-state index contributed by atoms with van der Waals surface area (Å²) in [5, 5.41) is 3.16. The highest BCUT2D eigenvalue weighted by molar-refractivity contribution is 9.10. The monoisotopic (exact) mass is 278 g/mol. The van der Waals surface area contributed by atoms with Crippen LogP contribution in [0.4, 0.5) is 11.5 Å². The van der Waals surface area contributed by atoms with E-state index in [1.807, 2.05) is 24.4 Å². The first-order chi connectivity index (χ1) is 7.75. The van der Waals surface area contributed by atoms with Gasteiger partial charge >= 0.3 is 0 Å². The smallest absolute Gasteiger partial charge is 0.149 e. The van der Waals surface area contributed by atoms with Crippen LogP contribution in [0.3, 0.4) is 0 Å². The Bertz CT molecular complexity index is 473. The van der Waals surface area contributed by atoms with Crippen LogP contribution in [0.15, 0.2) is 41.3 Å².